The van der Waals surface area contributed by atoms with Crippen LogP contribution in [0.3, 0.4) is 0 Å². The summed E-state index contributed by atoms with van der Waals surface area (Å²) in [6, 6.07) is 5.98. The number of rotatable bonds is 5. The fraction of sp³-hybridized carbons (Fsp3) is 0.500. The van der Waals surface area contributed by atoms with Crippen LogP contribution in [0.4, 0.5) is 4.39 Å². The van der Waals surface area contributed by atoms with Crippen molar-refractivity contribution in [3.63, 3.8) is 0 Å². The van der Waals surface area contributed by atoms with Gasteiger partial charge in [-0.1, -0.05) is 31.4 Å². The van der Waals surface area contributed by atoms with Crippen molar-refractivity contribution in [1.29, 1.82) is 0 Å². The fourth-order valence-corrected chi connectivity index (χ4v) is 2.79. The molecule has 0 heterocycles. The average Bonchev–Trinajstić information content (AvgIpc) is 2.47. The lowest BCUT2D eigenvalue weighted by Crippen LogP contribution is -2.55. The third-order valence-corrected chi connectivity index (χ3v) is 4.05. The predicted octanol–water partition coefficient (Wildman–Crippen LogP) is 2.66. The highest BCUT2D eigenvalue weighted by molar-refractivity contribution is 5.87. The number of halogens is 1. The summed E-state index contributed by atoms with van der Waals surface area (Å²) in [6.45, 7) is 0. The van der Waals surface area contributed by atoms with Crippen molar-refractivity contribution in [2.24, 2.45) is 0 Å². The molecule has 0 bridgehead atoms. The number of aryl methyl sites for hydroxylation is 1. The van der Waals surface area contributed by atoms with Gasteiger partial charge in [0.05, 0.1) is 0 Å². The summed E-state index contributed by atoms with van der Waals surface area (Å²) in [5.41, 5.74) is -0.238. The Morgan fingerprint density at radius 3 is 2.33 bits per heavy atom. The Morgan fingerprint density at radius 1 is 1.14 bits per heavy atom. The van der Waals surface area contributed by atoms with E-state index in [-0.39, 0.29) is 18.1 Å². The van der Waals surface area contributed by atoms with Crippen LogP contribution in [-0.2, 0) is 16.0 Å². The van der Waals surface area contributed by atoms with Crippen LogP contribution in [0.5, 0.6) is 0 Å². The quantitative estimate of drug-likeness (QED) is 0.877. The highest BCUT2D eigenvalue weighted by Gasteiger charge is 2.40. The molecule has 1 aromatic carbocycles. The average molecular weight is 293 g/mol. The van der Waals surface area contributed by atoms with Gasteiger partial charge in [0.2, 0.25) is 5.91 Å². The Bertz CT molecular complexity index is 507. The molecule has 1 aromatic rings. The Labute approximate surface area is 123 Å². The summed E-state index contributed by atoms with van der Waals surface area (Å²) >= 11 is 0. The number of hydrogen-bond acceptors (Lipinski definition) is 2. The van der Waals surface area contributed by atoms with Gasteiger partial charge < -0.3 is 10.4 Å². The second-order valence-corrected chi connectivity index (χ2v) is 5.62. The Kier molecular flexibility index (Phi) is 4.94. The zero-order valence-corrected chi connectivity index (χ0v) is 11.9. The molecule has 1 fully saturated rings. The van der Waals surface area contributed by atoms with Gasteiger partial charge >= 0.3 is 5.97 Å². The zero-order valence-electron chi connectivity index (χ0n) is 11.9. The van der Waals surface area contributed by atoms with E-state index in [2.05, 4.69) is 5.32 Å². The van der Waals surface area contributed by atoms with Gasteiger partial charge in [-0.05, 0) is 37.0 Å². The van der Waals surface area contributed by atoms with Crippen LogP contribution in [0, 0.1) is 5.82 Å². The largest absolute Gasteiger partial charge is 0.480 e. The first-order valence-electron chi connectivity index (χ1n) is 7.31. The fourth-order valence-electron chi connectivity index (χ4n) is 2.79. The smallest absolute Gasteiger partial charge is 0.329 e. The number of carboxylic acids is 1. The maximum Gasteiger partial charge on any atom is 0.329 e. The SMILES string of the molecule is O=C(CCc1ccc(F)cc1)NC1(C(=O)O)CCCCC1. The second kappa shape index (κ2) is 6.70. The van der Waals surface area contributed by atoms with E-state index >= 15 is 0 Å². The van der Waals surface area contributed by atoms with Crippen molar-refractivity contribution in [2.45, 2.75) is 50.5 Å². The van der Waals surface area contributed by atoms with E-state index in [4.69, 9.17) is 0 Å². The molecule has 0 radical (unpaired) electrons. The number of nitrogens with one attached hydrogen (secondary N) is 1. The normalized spacial score (nSPS) is 17.2. The molecule has 5 heteroatoms. The molecule has 1 saturated carbocycles. The molecule has 1 aliphatic rings. The number of amides is 1. The molecule has 0 saturated heterocycles. The van der Waals surface area contributed by atoms with E-state index in [1.807, 2.05) is 0 Å². The van der Waals surface area contributed by atoms with Gasteiger partial charge in [-0.3, -0.25) is 4.79 Å². The Balaban J connectivity index is 1.90. The van der Waals surface area contributed by atoms with Gasteiger partial charge in [0.15, 0.2) is 0 Å². The maximum atomic E-state index is 12.8. The predicted molar refractivity (Wildman–Crippen MR) is 76.3 cm³/mol. The van der Waals surface area contributed by atoms with E-state index in [9.17, 15) is 19.1 Å². The van der Waals surface area contributed by atoms with E-state index in [0.29, 0.717) is 19.3 Å². The number of carbonyl (C=O) groups is 2. The molecule has 1 aliphatic carbocycles. The molecule has 0 unspecified atom stereocenters. The van der Waals surface area contributed by atoms with Crippen LogP contribution in [0.15, 0.2) is 24.3 Å². The van der Waals surface area contributed by atoms with Crippen molar-refractivity contribution in [3.05, 3.63) is 35.6 Å². The monoisotopic (exact) mass is 293 g/mol. The molecule has 114 valence electrons. The lowest BCUT2D eigenvalue weighted by molar-refractivity contribution is -0.149. The summed E-state index contributed by atoms with van der Waals surface area (Å²) in [5, 5.41) is 12.1. The van der Waals surface area contributed by atoms with Crippen LogP contribution >= 0.6 is 0 Å². The number of carbonyl (C=O) groups excluding carboxylic acids is 1. The molecule has 21 heavy (non-hydrogen) atoms. The standard InChI is InChI=1S/C16H20FNO3/c17-13-7-4-12(5-8-13)6-9-14(19)18-16(15(20)21)10-2-1-3-11-16/h4-5,7-8H,1-3,6,9-11H2,(H,18,19)(H,20,21). The number of aliphatic carboxylic acids is 1. The molecule has 0 spiro atoms. The van der Waals surface area contributed by atoms with Crippen LogP contribution in [0.2, 0.25) is 0 Å². The third kappa shape index (κ3) is 4.03. The van der Waals surface area contributed by atoms with Crippen LogP contribution in [-0.4, -0.2) is 22.5 Å². The van der Waals surface area contributed by atoms with Crippen LogP contribution in [0.25, 0.3) is 0 Å². The van der Waals surface area contributed by atoms with Gasteiger partial charge in [-0.15, -0.1) is 0 Å². The number of carboxylic acid groups (broad SMARTS) is 1. The molecule has 0 aliphatic heterocycles. The Hall–Kier alpha value is -1.91. The number of hydrogen-bond donors (Lipinski definition) is 2. The molecule has 0 aromatic heterocycles. The molecule has 4 nitrogen and oxygen atoms in total. The molecular formula is C16H20FNO3. The Morgan fingerprint density at radius 2 is 1.76 bits per heavy atom. The van der Waals surface area contributed by atoms with Gasteiger partial charge in [0.1, 0.15) is 11.4 Å². The minimum Gasteiger partial charge on any atom is -0.480 e. The minimum atomic E-state index is -1.10. The summed E-state index contributed by atoms with van der Waals surface area (Å²) < 4.78 is 12.8. The molecule has 2 rings (SSSR count). The highest BCUT2D eigenvalue weighted by Crippen LogP contribution is 2.28. The van der Waals surface area contributed by atoms with Gasteiger partial charge in [0, 0.05) is 6.42 Å². The lowest BCUT2D eigenvalue weighted by atomic mass is 9.81. The van der Waals surface area contributed by atoms with E-state index in [1.54, 1.807) is 12.1 Å². The summed E-state index contributed by atoms with van der Waals surface area (Å²) in [7, 11) is 0. The molecule has 2 N–H and O–H groups in total. The van der Waals surface area contributed by atoms with Gasteiger partial charge in [-0.2, -0.15) is 0 Å². The number of benzene rings is 1. The summed E-state index contributed by atoms with van der Waals surface area (Å²) in [5.74, 6) is -1.52. The van der Waals surface area contributed by atoms with Crippen molar-refractivity contribution >= 4 is 11.9 Å². The molecular weight excluding hydrogens is 273 g/mol. The van der Waals surface area contributed by atoms with Crippen molar-refractivity contribution in [1.82, 2.24) is 5.32 Å². The van der Waals surface area contributed by atoms with E-state index in [1.165, 1.54) is 12.1 Å². The summed E-state index contributed by atoms with van der Waals surface area (Å²) in [6.07, 6.45) is 4.33. The van der Waals surface area contributed by atoms with Gasteiger partial charge in [-0.25, -0.2) is 9.18 Å². The minimum absolute atomic E-state index is 0.209. The topological polar surface area (TPSA) is 66.4 Å². The van der Waals surface area contributed by atoms with Gasteiger partial charge in [0.25, 0.3) is 0 Å². The highest BCUT2D eigenvalue weighted by atomic mass is 19.1. The van der Waals surface area contributed by atoms with E-state index in [0.717, 1.165) is 24.8 Å². The molecule has 1 amide bonds. The molecule has 0 atom stereocenters. The van der Waals surface area contributed by atoms with E-state index < -0.39 is 11.5 Å². The first-order valence-corrected chi connectivity index (χ1v) is 7.31. The third-order valence-electron chi connectivity index (χ3n) is 4.05. The van der Waals surface area contributed by atoms with Crippen molar-refractivity contribution < 1.29 is 19.1 Å². The maximum absolute atomic E-state index is 12.8. The first kappa shape index (κ1) is 15.5. The zero-order chi connectivity index (χ0) is 15.3. The van der Waals surface area contributed by atoms with Crippen LogP contribution in [0.1, 0.15) is 44.1 Å². The summed E-state index contributed by atoms with van der Waals surface area (Å²) in [4.78, 5) is 23.5. The van der Waals surface area contributed by atoms with Crippen molar-refractivity contribution in [3.8, 4) is 0 Å². The second-order valence-electron chi connectivity index (χ2n) is 5.62. The van der Waals surface area contributed by atoms with Crippen LogP contribution < -0.4 is 5.32 Å². The lowest BCUT2D eigenvalue weighted by Gasteiger charge is -2.34. The first-order chi connectivity index (χ1) is 10.0. The van der Waals surface area contributed by atoms with Crippen molar-refractivity contribution in [2.75, 3.05) is 0 Å².